The van der Waals surface area contributed by atoms with E-state index in [1.54, 1.807) is 0 Å². The minimum Gasteiger partial charge on any atom is -0.351 e. The molecule has 1 fully saturated rings. The molecule has 0 spiro atoms. The van der Waals surface area contributed by atoms with Crippen LogP contribution < -0.4 is 5.32 Å². The van der Waals surface area contributed by atoms with E-state index in [1.807, 2.05) is 0 Å². The third-order valence-electron chi connectivity index (χ3n) is 4.06. The molecule has 20 heavy (non-hydrogen) atoms. The van der Waals surface area contributed by atoms with E-state index >= 15 is 0 Å². The summed E-state index contributed by atoms with van der Waals surface area (Å²) < 4.78 is 26.8. The molecule has 110 valence electrons. The molecule has 2 nitrogen and oxygen atoms in total. The molecule has 1 aromatic carbocycles. The average Bonchev–Trinajstić information content (AvgIpc) is 2.90. The first-order chi connectivity index (χ1) is 9.47. The van der Waals surface area contributed by atoms with Gasteiger partial charge >= 0.3 is 0 Å². The number of benzene rings is 1. The van der Waals surface area contributed by atoms with Gasteiger partial charge in [-0.1, -0.05) is 28.8 Å². The molecule has 1 aliphatic carbocycles. The second kappa shape index (κ2) is 6.20. The highest BCUT2D eigenvalue weighted by Gasteiger charge is 2.33. The normalized spacial score (nSPS) is 17.2. The number of nitrogens with one attached hydrogen (secondary N) is 1. The molecule has 0 aliphatic heterocycles. The molecule has 5 heteroatoms. The molecule has 1 amide bonds. The third-order valence-corrected chi connectivity index (χ3v) is 5.25. The van der Waals surface area contributed by atoms with Crippen molar-refractivity contribution in [3.05, 3.63) is 34.9 Å². The molecule has 0 unspecified atom stereocenters. The molecule has 1 aromatic rings. The zero-order valence-corrected chi connectivity index (χ0v) is 13.0. The molecule has 0 saturated heterocycles. The van der Waals surface area contributed by atoms with Crippen LogP contribution in [-0.2, 0) is 0 Å². The summed E-state index contributed by atoms with van der Waals surface area (Å²) in [6, 6.07) is 2.02. The Bertz CT molecular complexity index is 513. The Kier molecular flexibility index (Phi) is 4.78. The third kappa shape index (κ3) is 3.19. The number of carbonyl (C=O) groups excluding carboxylic acids is 1. The van der Waals surface area contributed by atoms with Crippen molar-refractivity contribution in [2.45, 2.75) is 32.6 Å². The Morgan fingerprint density at radius 3 is 2.55 bits per heavy atom. The monoisotopic (exact) mass is 345 g/mol. The predicted octanol–water partition coefficient (Wildman–Crippen LogP) is 3.96. The van der Waals surface area contributed by atoms with E-state index in [0.29, 0.717) is 6.54 Å². The van der Waals surface area contributed by atoms with Gasteiger partial charge in [-0.05, 0) is 36.8 Å². The van der Waals surface area contributed by atoms with E-state index in [4.69, 9.17) is 0 Å². The number of alkyl halides is 1. The van der Waals surface area contributed by atoms with E-state index in [1.165, 1.54) is 13.0 Å². The van der Waals surface area contributed by atoms with E-state index in [0.717, 1.165) is 37.1 Å². The van der Waals surface area contributed by atoms with Crippen LogP contribution in [0.15, 0.2) is 12.1 Å². The molecular formula is C15H18BrF2NO. The lowest BCUT2D eigenvalue weighted by Crippen LogP contribution is -2.37. The smallest absolute Gasteiger partial charge is 0.254 e. The number of halogens is 3. The quantitative estimate of drug-likeness (QED) is 0.822. The Morgan fingerprint density at radius 1 is 1.30 bits per heavy atom. The average molecular weight is 346 g/mol. The van der Waals surface area contributed by atoms with Gasteiger partial charge in [0.15, 0.2) is 0 Å². The topological polar surface area (TPSA) is 29.1 Å². The lowest BCUT2D eigenvalue weighted by atomic mass is 9.89. The van der Waals surface area contributed by atoms with Gasteiger partial charge in [0, 0.05) is 17.9 Å². The Labute approximate surface area is 126 Å². The molecule has 0 radical (unpaired) electrons. The van der Waals surface area contributed by atoms with Crippen LogP contribution in [0.2, 0.25) is 0 Å². The van der Waals surface area contributed by atoms with Crippen LogP contribution >= 0.6 is 15.9 Å². The molecular weight excluding hydrogens is 328 g/mol. The second-order valence-electron chi connectivity index (χ2n) is 5.60. The molecule has 2 rings (SSSR count). The van der Waals surface area contributed by atoms with Crippen LogP contribution in [0.5, 0.6) is 0 Å². The Balaban J connectivity index is 2.07. The van der Waals surface area contributed by atoms with Gasteiger partial charge < -0.3 is 5.32 Å². The highest BCUT2D eigenvalue weighted by Crippen LogP contribution is 2.39. The maximum Gasteiger partial charge on any atom is 0.254 e. The van der Waals surface area contributed by atoms with Crippen molar-refractivity contribution in [2.75, 3.05) is 11.9 Å². The first-order valence-electron chi connectivity index (χ1n) is 6.77. The van der Waals surface area contributed by atoms with Gasteiger partial charge in [-0.2, -0.15) is 0 Å². The summed E-state index contributed by atoms with van der Waals surface area (Å²) in [6.07, 6.45) is 4.43. The van der Waals surface area contributed by atoms with Crippen molar-refractivity contribution in [3.63, 3.8) is 0 Å². The standard InChI is InChI=1S/C15H18BrF2NO/c1-10-6-11(13(18)7-12(10)17)14(20)19-9-15(8-16)4-2-3-5-15/h6-7H,2-5,8-9H2,1H3,(H,19,20). The molecule has 1 N–H and O–H groups in total. The molecule has 0 atom stereocenters. The summed E-state index contributed by atoms with van der Waals surface area (Å²) in [5.74, 6) is -1.92. The van der Waals surface area contributed by atoms with Crippen molar-refractivity contribution in [2.24, 2.45) is 5.41 Å². The van der Waals surface area contributed by atoms with Crippen molar-refractivity contribution < 1.29 is 13.6 Å². The van der Waals surface area contributed by atoms with Crippen LogP contribution in [0.3, 0.4) is 0 Å². The van der Waals surface area contributed by atoms with Crippen molar-refractivity contribution in [1.29, 1.82) is 0 Å². The Morgan fingerprint density at radius 2 is 1.95 bits per heavy atom. The minimum atomic E-state index is -0.815. The predicted molar refractivity (Wildman–Crippen MR) is 78.1 cm³/mol. The summed E-state index contributed by atoms with van der Waals surface area (Å²) in [6.45, 7) is 2.04. The molecule has 1 saturated carbocycles. The number of hydrogen-bond donors (Lipinski definition) is 1. The molecule has 0 aromatic heterocycles. The summed E-state index contributed by atoms with van der Waals surface area (Å²) in [7, 11) is 0. The fourth-order valence-electron chi connectivity index (χ4n) is 2.68. The van der Waals surface area contributed by atoms with E-state index < -0.39 is 17.5 Å². The van der Waals surface area contributed by atoms with Gasteiger partial charge in [-0.25, -0.2) is 8.78 Å². The lowest BCUT2D eigenvalue weighted by Gasteiger charge is -2.26. The largest absolute Gasteiger partial charge is 0.351 e. The van der Waals surface area contributed by atoms with Gasteiger partial charge in [-0.3, -0.25) is 4.79 Å². The van der Waals surface area contributed by atoms with Crippen LogP contribution in [-0.4, -0.2) is 17.8 Å². The zero-order valence-electron chi connectivity index (χ0n) is 11.4. The molecule has 1 aliphatic rings. The van der Waals surface area contributed by atoms with Gasteiger partial charge in [-0.15, -0.1) is 0 Å². The first-order valence-corrected chi connectivity index (χ1v) is 7.89. The summed E-state index contributed by atoms with van der Waals surface area (Å²) >= 11 is 3.50. The van der Waals surface area contributed by atoms with E-state index in [2.05, 4.69) is 21.2 Å². The second-order valence-corrected chi connectivity index (χ2v) is 6.17. The Hall–Kier alpha value is -0.970. The van der Waals surface area contributed by atoms with Gasteiger partial charge in [0.1, 0.15) is 11.6 Å². The van der Waals surface area contributed by atoms with Gasteiger partial charge in [0.25, 0.3) is 5.91 Å². The van der Waals surface area contributed by atoms with Gasteiger partial charge in [0.05, 0.1) is 5.56 Å². The number of hydrogen-bond acceptors (Lipinski definition) is 1. The number of carbonyl (C=O) groups is 1. The SMILES string of the molecule is Cc1cc(C(=O)NCC2(CBr)CCCC2)c(F)cc1F. The van der Waals surface area contributed by atoms with E-state index in [-0.39, 0.29) is 16.5 Å². The highest BCUT2D eigenvalue weighted by molar-refractivity contribution is 9.09. The van der Waals surface area contributed by atoms with Crippen molar-refractivity contribution >= 4 is 21.8 Å². The summed E-state index contributed by atoms with van der Waals surface area (Å²) in [5, 5.41) is 3.61. The summed E-state index contributed by atoms with van der Waals surface area (Å²) in [5.41, 5.74) is 0.250. The zero-order chi connectivity index (χ0) is 14.8. The fraction of sp³-hybridized carbons (Fsp3) is 0.533. The highest BCUT2D eigenvalue weighted by atomic mass is 79.9. The number of amides is 1. The number of rotatable bonds is 4. The minimum absolute atomic E-state index is 0.0706. The van der Waals surface area contributed by atoms with Crippen LogP contribution in [0.1, 0.15) is 41.6 Å². The van der Waals surface area contributed by atoms with Crippen LogP contribution in [0.25, 0.3) is 0 Å². The maximum atomic E-state index is 13.6. The van der Waals surface area contributed by atoms with Gasteiger partial charge in [0.2, 0.25) is 0 Å². The lowest BCUT2D eigenvalue weighted by molar-refractivity contribution is 0.0931. The van der Waals surface area contributed by atoms with E-state index in [9.17, 15) is 13.6 Å². The molecule has 0 heterocycles. The maximum absolute atomic E-state index is 13.6. The van der Waals surface area contributed by atoms with Crippen molar-refractivity contribution in [1.82, 2.24) is 5.32 Å². The van der Waals surface area contributed by atoms with Crippen LogP contribution in [0, 0.1) is 24.0 Å². The molecule has 0 bridgehead atoms. The fourth-order valence-corrected chi connectivity index (χ4v) is 3.44. The van der Waals surface area contributed by atoms with Crippen molar-refractivity contribution in [3.8, 4) is 0 Å². The van der Waals surface area contributed by atoms with Crippen LogP contribution in [0.4, 0.5) is 8.78 Å². The first kappa shape index (κ1) is 15.4. The summed E-state index contributed by atoms with van der Waals surface area (Å²) in [4.78, 5) is 12.1. The number of aryl methyl sites for hydroxylation is 1.